The van der Waals surface area contributed by atoms with Crippen molar-refractivity contribution in [1.29, 1.82) is 0 Å². The number of hydrogen-bond donors (Lipinski definition) is 0. The minimum Gasteiger partial charge on any atom is -0.206 e. The zero-order chi connectivity index (χ0) is 13.3. The normalized spacial score (nSPS) is 11.6. The van der Waals surface area contributed by atoms with E-state index in [4.69, 9.17) is 0 Å². The Bertz CT molecular complexity index is 550. The van der Waals surface area contributed by atoms with E-state index >= 15 is 0 Å². The third-order valence-electron chi connectivity index (χ3n) is 2.72. The molecule has 0 radical (unpaired) electrons. The predicted molar refractivity (Wildman–Crippen MR) is 61.6 cm³/mol. The monoisotopic (exact) mass is 254 g/mol. The number of hydrogen-bond acceptors (Lipinski definition) is 0. The maximum Gasteiger partial charge on any atom is 0.417 e. The minimum absolute atomic E-state index is 0.00502. The summed E-state index contributed by atoms with van der Waals surface area (Å²) in [6, 6.07) is 9.24. The van der Waals surface area contributed by atoms with Crippen molar-refractivity contribution in [3.05, 3.63) is 59.4 Å². The largest absolute Gasteiger partial charge is 0.417 e. The lowest BCUT2D eigenvalue weighted by atomic mass is 9.95. The van der Waals surface area contributed by atoms with Gasteiger partial charge >= 0.3 is 6.18 Å². The van der Waals surface area contributed by atoms with E-state index in [1.165, 1.54) is 24.3 Å². The molecule has 0 unspecified atom stereocenters. The smallest absolute Gasteiger partial charge is 0.206 e. The summed E-state index contributed by atoms with van der Waals surface area (Å²) < 4.78 is 52.4. The van der Waals surface area contributed by atoms with Crippen LogP contribution in [0.4, 0.5) is 17.6 Å². The number of alkyl halides is 3. The van der Waals surface area contributed by atoms with Gasteiger partial charge in [0.25, 0.3) is 0 Å². The van der Waals surface area contributed by atoms with Gasteiger partial charge in [-0.25, -0.2) is 4.39 Å². The Morgan fingerprint density at radius 1 is 0.889 bits per heavy atom. The molecule has 0 atom stereocenters. The Hall–Kier alpha value is -1.84. The molecule has 0 nitrogen and oxygen atoms in total. The zero-order valence-electron chi connectivity index (χ0n) is 9.55. The van der Waals surface area contributed by atoms with Crippen LogP contribution in [0.1, 0.15) is 11.1 Å². The molecule has 94 valence electrons. The molecule has 0 amide bonds. The van der Waals surface area contributed by atoms with E-state index in [2.05, 4.69) is 0 Å². The predicted octanol–water partition coefficient (Wildman–Crippen LogP) is 4.82. The molecule has 4 heteroatoms. The van der Waals surface area contributed by atoms with Crippen LogP contribution < -0.4 is 0 Å². The molecule has 0 aliphatic rings. The number of rotatable bonds is 1. The van der Waals surface area contributed by atoms with E-state index in [0.717, 1.165) is 12.1 Å². The first-order valence-electron chi connectivity index (χ1n) is 5.33. The van der Waals surface area contributed by atoms with Gasteiger partial charge < -0.3 is 0 Å². The van der Waals surface area contributed by atoms with Gasteiger partial charge in [-0.3, -0.25) is 0 Å². The molecule has 0 bridgehead atoms. The van der Waals surface area contributed by atoms with Crippen molar-refractivity contribution >= 4 is 0 Å². The fraction of sp³-hybridized carbons (Fsp3) is 0.143. The summed E-state index contributed by atoms with van der Waals surface area (Å²) in [4.78, 5) is 0. The number of aryl methyl sites for hydroxylation is 1. The molecule has 0 aliphatic carbocycles. The van der Waals surface area contributed by atoms with Gasteiger partial charge in [0.15, 0.2) is 0 Å². The second-order valence-electron chi connectivity index (χ2n) is 3.98. The molecule has 0 saturated carbocycles. The summed E-state index contributed by atoms with van der Waals surface area (Å²) in [5.41, 5.74) is -0.462. The molecule has 2 aromatic carbocycles. The first-order valence-corrected chi connectivity index (χ1v) is 5.33. The highest BCUT2D eigenvalue weighted by atomic mass is 19.4. The van der Waals surface area contributed by atoms with E-state index in [1.807, 2.05) is 0 Å². The van der Waals surface area contributed by atoms with Gasteiger partial charge in [-0.05, 0) is 30.2 Å². The second kappa shape index (κ2) is 4.44. The van der Waals surface area contributed by atoms with Crippen molar-refractivity contribution in [2.24, 2.45) is 0 Å². The Labute approximate surface area is 102 Å². The van der Waals surface area contributed by atoms with Gasteiger partial charge in [0.05, 0.1) is 5.56 Å². The van der Waals surface area contributed by atoms with E-state index in [1.54, 1.807) is 13.0 Å². The summed E-state index contributed by atoms with van der Waals surface area (Å²) >= 11 is 0. The molecular formula is C14H10F4. The summed E-state index contributed by atoms with van der Waals surface area (Å²) in [5, 5.41) is 0. The van der Waals surface area contributed by atoms with Gasteiger partial charge in [-0.1, -0.05) is 30.3 Å². The molecule has 0 fully saturated rings. The van der Waals surface area contributed by atoms with Crippen molar-refractivity contribution in [2.75, 3.05) is 0 Å². The standard InChI is InChI=1S/C14H10F4/c1-9-5-4-8-12(15)13(9)10-6-2-3-7-11(10)14(16,17)18/h2-8H,1H3. The molecule has 0 aromatic heterocycles. The van der Waals surface area contributed by atoms with Crippen molar-refractivity contribution < 1.29 is 17.6 Å². The zero-order valence-corrected chi connectivity index (χ0v) is 9.55. The molecule has 0 aliphatic heterocycles. The molecule has 18 heavy (non-hydrogen) atoms. The molecular weight excluding hydrogens is 244 g/mol. The lowest BCUT2D eigenvalue weighted by molar-refractivity contribution is -0.137. The molecule has 0 spiro atoms. The quantitative estimate of drug-likeness (QED) is 0.640. The van der Waals surface area contributed by atoms with Crippen LogP contribution in [0.15, 0.2) is 42.5 Å². The van der Waals surface area contributed by atoms with Crippen LogP contribution in [-0.4, -0.2) is 0 Å². The van der Waals surface area contributed by atoms with Crippen LogP contribution >= 0.6 is 0 Å². The molecule has 2 aromatic rings. The Balaban J connectivity index is 2.73. The third kappa shape index (κ3) is 2.23. The fourth-order valence-corrected chi connectivity index (χ4v) is 1.92. The van der Waals surface area contributed by atoms with E-state index in [9.17, 15) is 17.6 Å². The van der Waals surface area contributed by atoms with Crippen LogP contribution in [0, 0.1) is 12.7 Å². The first-order chi connectivity index (χ1) is 8.41. The second-order valence-corrected chi connectivity index (χ2v) is 3.98. The number of halogens is 4. The summed E-state index contributed by atoms with van der Waals surface area (Å²) in [6.07, 6.45) is -4.49. The van der Waals surface area contributed by atoms with Gasteiger partial charge in [0.1, 0.15) is 5.82 Å². The average molecular weight is 254 g/mol. The van der Waals surface area contributed by atoms with Gasteiger partial charge in [0.2, 0.25) is 0 Å². The van der Waals surface area contributed by atoms with Crippen LogP contribution in [-0.2, 0) is 6.18 Å². The average Bonchev–Trinajstić information content (AvgIpc) is 2.28. The van der Waals surface area contributed by atoms with Crippen molar-refractivity contribution in [1.82, 2.24) is 0 Å². The maximum atomic E-state index is 13.7. The summed E-state index contributed by atoms with van der Waals surface area (Å²) in [7, 11) is 0. The highest BCUT2D eigenvalue weighted by Crippen LogP contribution is 2.38. The lowest BCUT2D eigenvalue weighted by Gasteiger charge is -2.14. The van der Waals surface area contributed by atoms with Crippen molar-refractivity contribution in [2.45, 2.75) is 13.1 Å². The SMILES string of the molecule is Cc1cccc(F)c1-c1ccccc1C(F)(F)F. The van der Waals surface area contributed by atoms with Crippen LogP contribution in [0.3, 0.4) is 0 Å². The van der Waals surface area contributed by atoms with Crippen LogP contribution in [0.25, 0.3) is 11.1 Å². The maximum absolute atomic E-state index is 13.7. The van der Waals surface area contributed by atoms with E-state index in [-0.39, 0.29) is 11.1 Å². The summed E-state index contributed by atoms with van der Waals surface area (Å²) in [6.45, 7) is 1.59. The van der Waals surface area contributed by atoms with E-state index in [0.29, 0.717) is 5.56 Å². The lowest BCUT2D eigenvalue weighted by Crippen LogP contribution is -2.07. The molecule has 0 saturated heterocycles. The fourth-order valence-electron chi connectivity index (χ4n) is 1.92. The van der Waals surface area contributed by atoms with Crippen LogP contribution in [0.2, 0.25) is 0 Å². The highest BCUT2D eigenvalue weighted by Gasteiger charge is 2.34. The first kappa shape index (κ1) is 12.6. The van der Waals surface area contributed by atoms with Gasteiger partial charge in [0, 0.05) is 5.56 Å². The minimum atomic E-state index is -4.49. The Morgan fingerprint density at radius 3 is 2.17 bits per heavy atom. The van der Waals surface area contributed by atoms with Crippen molar-refractivity contribution in [3.8, 4) is 11.1 Å². The molecule has 2 rings (SSSR count). The van der Waals surface area contributed by atoms with Gasteiger partial charge in [-0.15, -0.1) is 0 Å². The molecule has 0 heterocycles. The Morgan fingerprint density at radius 2 is 1.56 bits per heavy atom. The van der Waals surface area contributed by atoms with Gasteiger partial charge in [-0.2, -0.15) is 13.2 Å². The van der Waals surface area contributed by atoms with Crippen LogP contribution in [0.5, 0.6) is 0 Å². The molecule has 0 N–H and O–H groups in total. The van der Waals surface area contributed by atoms with Crippen molar-refractivity contribution in [3.63, 3.8) is 0 Å². The topological polar surface area (TPSA) is 0 Å². The van der Waals surface area contributed by atoms with E-state index < -0.39 is 17.6 Å². The third-order valence-corrected chi connectivity index (χ3v) is 2.72. The summed E-state index contributed by atoms with van der Waals surface area (Å²) in [5.74, 6) is -0.647. The number of benzene rings is 2. The highest BCUT2D eigenvalue weighted by molar-refractivity contribution is 5.71. The Kier molecular flexibility index (Phi) is 3.11.